The molecule has 1 saturated heterocycles. The summed E-state index contributed by atoms with van der Waals surface area (Å²) in [4.78, 5) is 0. The maximum absolute atomic E-state index is 11.7. The molecule has 1 aliphatic heterocycles. The van der Waals surface area contributed by atoms with E-state index in [0.29, 0.717) is 35.0 Å². The minimum atomic E-state index is -0.518. The summed E-state index contributed by atoms with van der Waals surface area (Å²) >= 11 is 0. The van der Waals surface area contributed by atoms with Crippen LogP contribution in [0.4, 0.5) is 0 Å². The lowest BCUT2D eigenvalue weighted by Crippen LogP contribution is -2.41. The number of aliphatic hydroxyl groups excluding tert-OH is 1. The third kappa shape index (κ3) is 6.93. The van der Waals surface area contributed by atoms with Crippen LogP contribution in [0.2, 0.25) is 0 Å². The first kappa shape index (κ1) is 34.9. The van der Waals surface area contributed by atoms with Gasteiger partial charge in [-0.1, -0.05) is 144 Å². The molecule has 1 heterocycles. The Labute approximate surface area is 289 Å². The number of hydrogen-bond acceptors (Lipinski definition) is 1. The zero-order valence-corrected chi connectivity index (χ0v) is 31.8. The minimum absolute atomic E-state index is 0.149. The van der Waals surface area contributed by atoms with Crippen LogP contribution < -0.4 is 5.30 Å². The van der Waals surface area contributed by atoms with Gasteiger partial charge in [0.15, 0.2) is 0 Å². The van der Waals surface area contributed by atoms with Crippen LogP contribution in [0.1, 0.15) is 166 Å². The van der Waals surface area contributed by atoms with Gasteiger partial charge in [0, 0.05) is 0 Å². The van der Waals surface area contributed by atoms with Crippen LogP contribution in [0.15, 0.2) is 54.6 Å². The molecule has 0 amide bonds. The molecule has 0 spiro atoms. The maximum Gasteiger partial charge on any atom is 0.0552 e. The van der Waals surface area contributed by atoms with E-state index in [1.165, 1.54) is 95.9 Å². The van der Waals surface area contributed by atoms with E-state index in [1.807, 2.05) is 0 Å². The van der Waals surface area contributed by atoms with E-state index in [0.717, 1.165) is 24.7 Å². The minimum Gasteiger partial charge on any atom is -0.393 e. The summed E-state index contributed by atoms with van der Waals surface area (Å²) in [5.41, 5.74) is 13.3. The predicted octanol–water partition coefficient (Wildman–Crippen LogP) is 12.9. The molecular formula is C45H63OP. The van der Waals surface area contributed by atoms with Crippen molar-refractivity contribution < 1.29 is 5.11 Å². The number of rotatable bonds is 9. The number of aliphatic hydroxyl groups is 1. The second-order valence-electron chi connectivity index (χ2n) is 16.7. The van der Waals surface area contributed by atoms with Gasteiger partial charge in [-0.05, 0) is 135 Å². The molecule has 3 aliphatic rings. The van der Waals surface area contributed by atoms with E-state index in [1.54, 1.807) is 5.30 Å². The van der Waals surface area contributed by atoms with Crippen molar-refractivity contribution in [2.75, 3.05) is 0 Å². The first-order valence-corrected chi connectivity index (χ1v) is 20.9. The van der Waals surface area contributed by atoms with E-state index >= 15 is 0 Å². The summed E-state index contributed by atoms with van der Waals surface area (Å²) in [6.45, 7) is 19.1. The van der Waals surface area contributed by atoms with Gasteiger partial charge in [-0.2, -0.15) is 0 Å². The highest BCUT2D eigenvalue weighted by Gasteiger charge is 2.47. The Balaban J connectivity index is 1.75. The molecule has 6 rings (SSSR count). The molecule has 1 N–H and O–H groups in total. The largest absolute Gasteiger partial charge is 0.393 e. The van der Waals surface area contributed by atoms with E-state index in [9.17, 15) is 5.11 Å². The summed E-state index contributed by atoms with van der Waals surface area (Å²) < 4.78 is 0. The molecule has 47 heavy (non-hydrogen) atoms. The van der Waals surface area contributed by atoms with Gasteiger partial charge in [0.05, 0.1) is 6.10 Å². The molecule has 0 bridgehead atoms. The van der Waals surface area contributed by atoms with Gasteiger partial charge in [-0.3, -0.25) is 0 Å². The smallest absolute Gasteiger partial charge is 0.0552 e. The van der Waals surface area contributed by atoms with Crippen molar-refractivity contribution in [3.63, 3.8) is 0 Å². The Morgan fingerprint density at radius 3 is 1.15 bits per heavy atom. The molecule has 0 radical (unpaired) electrons. The zero-order valence-electron chi connectivity index (χ0n) is 30.9. The highest BCUT2D eigenvalue weighted by Crippen LogP contribution is 2.64. The predicted molar refractivity (Wildman–Crippen MR) is 207 cm³/mol. The number of hydrogen-bond donors (Lipinski definition) is 1. The van der Waals surface area contributed by atoms with Crippen molar-refractivity contribution in [1.29, 1.82) is 0 Å². The molecule has 0 aromatic heterocycles. The highest BCUT2D eigenvalue weighted by atomic mass is 31.1. The van der Waals surface area contributed by atoms with Crippen molar-refractivity contribution >= 4 is 13.2 Å². The first-order valence-electron chi connectivity index (χ1n) is 19.4. The second-order valence-corrected chi connectivity index (χ2v) is 19.3. The summed E-state index contributed by atoms with van der Waals surface area (Å²) in [7, 11) is -0.518. The van der Waals surface area contributed by atoms with Crippen molar-refractivity contribution in [3.8, 4) is 22.3 Å². The van der Waals surface area contributed by atoms with E-state index in [2.05, 4.69) is 110 Å². The van der Waals surface area contributed by atoms with E-state index < -0.39 is 7.92 Å². The van der Waals surface area contributed by atoms with Crippen molar-refractivity contribution in [1.82, 2.24) is 0 Å². The second kappa shape index (κ2) is 14.9. The SMILES string of the molecule is CC(C)c1cccc(C(C)C)c1-c1cccc(-c2c(C(C)C)cccc2C(C)C)c1P1C(C2CCCC2)CC(O)CC1C1CCCC1. The fourth-order valence-electron chi connectivity index (χ4n) is 9.93. The van der Waals surface area contributed by atoms with Gasteiger partial charge < -0.3 is 5.11 Å². The lowest BCUT2D eigenvalue weighted by Gasteiger charge is -2.48. The fraction of sp³-hybridized carbons (Fsp3) is 0.600. The molecule has 3 aromatic rings. The Morgan fingerprint density at radius 1 is 0.511 bits per heavy atom. The van der Waals surface area contributed by atoms with E-state index in [4.69, 9.17) is 0 Å². The molecule has 2 heteroatoms. The van der Waals surface area contributed by atoms with Crippen LogP contribution >= 0.6 is 7.92 Å². The monoisotopic (exact) mass is 650 g/mol. The molecule has 254 valence electrons. The lowest BCUT2D eigenvalue weighted by molar-refractivity contribution is 0.131. The van der Waals surface area contributed by atoms with Crippen LogP contribution in [-0.2, 0) is 0 Å². The third-order valence-corrected chi connectivity index (χ3v) is 15.9. The third-order valence-electron chi connectivity index (χ3n) is 12.2. The summed E-state index contributed by atoms with van der Waals surface area (Å²) in [5.74, 6) is 3.29. The summed E-state index contributed by atoms with van der Waals surface area (Å²) in [6, 6.07) is 21.8. The van der Waals surface area contributed by atoms with Crippen LogP contribution in [0.3, 0.4) is 0 Å². The Morgan fingerprint density at radius 2 is 0.830 bits per heavy atom. The number of benzene rings is 3. The maximum atomic E-state index is 11.7. The van der Waals surface area contributed by atoms with Crippen LogP contribution in [0.5, 0.6) is 0 Å². The lowest BCUT2D eigenvalue weighted by atomic mass is 9.82. The molecule has 2 saturated carbocycles. The van der Waals surface area contributed by atoms with Crippen molar-refractivity contribution in [2.24, 2.45) is 11.8 Å². The van der Waals surface area contributed by atoms with Gasteiger partial charge in [0.2, 0.25) is 0 Å². The molecule has 3 fully saturated rings. The van der Waals surface area contributed by atoms with Crippen LogP contribution in [-0.4, -0.2) is 22.5 Å². The van der Waals surface area contributed by atoms with Gasteiger partial charge in [-0.25, -0.2) is 0 Å². The molecule has 1 nitrogen and oxygen atoms in total. The van der Waals surface area contributed by atoms with Crippen molar-refractivity contribution in [2.45, 2.75) is 161 Å². The van der Waals surface area contributed by atoms with Gasteiger partial charge in [-0.15, -0.1) is 0 Å². The van der Waals surface area contributed by atoms with E-state index in [-0.39, 0.29) is 6.10 Å². The first-order chi connectivity index (χ1) is 22.6. The van der Waals surface area contributed by atoms with Crippen molar-refractivity contribution in [3.05, 3.63) is 76.9 Å². The molecule has 3 aromatic carbocycles. The van der Waals surface area contributed by atoms with Crippen LogP contribution in [0.25, 0.3) is 22.3 Å². The Hall–Kier alpha value is -1.95. The topological polar surface area (TPSA) is 20.2 Å². The standard InChI is InChI=1S/C45H63OP/c1-28(2)35-20-13-21-36(29(3)4)43(35)39-24-15-25-40(44-37(30(5)6)22-14-23-38(44)31(7)8)45(39)47-41(32-16-9-10-17-32)26-34(46)27-42(47)33-18-11-12-19-33/h13-15,20-25,28-34,41-42,46H,9-12,16-19,26-27H2,1-8H3. The molecule has 2 aliphatic carbocycles. The normalized spacial score (nSPS) is 24.4. The quantitative estimate of drug-likeness (QED) is 0.229. The Bertz CT molecular complexity index is 1340. The van der Waals surface area contributed by atoms with Crippen LogP contribution in [0, 0.1) is 11.8 Å². The van der Waals surface area contributed by atoms with Gasteiger partial charge >= 0.3 is 0 Å². The summed E-state index contributed by atoms with van der Waals surface area (Å²) in [5, 5.41) is 13.4. The van der Waals surface area contributed by atoms with Gasteiger partial charge in [0.1, 0.15) is 0 Å². The molecular weight excluding hydrogens is 587 g/mol. The Kier molecular flexibility index (Phi) is 11.1. The fourth-order valence-corrected chi connectivity index (χ4v) is 14.5. The molecule has 2 atom stereocenters. The average molecular weight is 651 g/mol. The zero-order chi connectivity index (χ0) is 33.4. The summed E-state index contributed by atoms with van der Waals surface area (Å²) in [6.07, 6.45) is 12.7. The van der Waals surface area contributed by atoms with Gasteiger partial charge in [0.25, 0.3) is 0 Å². The highest BCUT2D eigenvalue weighted by molar-refractivity contribution is 7.67. The average Bonchev–Trinajstić information content (AvgIpc) is 3.79. The molecule has 2 unspecified atom stereocenters.